The second-order valence-corrected chi connectivity index (χ2v) is 34.7. The van der Waals surface area contributed by atoms with Gasteiger partial charge in [-0.25, -0.2) is 0 Å². The van der Waals surface area contributed by atoms with E-state index in [1.165, 1.54) is 32.2 Å². The molecule has 3 rings (SSSR count). The fraction of sp³-hybridized carbons (Fsp3) is 0.619. The molecule has 5 heteroatoms. The minimum atomic E-state index is -2.02. The van der Waals surface area contributed by atoms with Gasteiger partial charge in [-0.15, -0.1) is 0 Å². The summed E-state index contributed by atoms with van der Waals surface area (Å²) in [7, 11) is 0. The SMILES string of the molecule is CCCCC(CC)Cn1c2c[c]([Sn-]([CH3])[CH3])sc2c2s[c]([Sn]([CH3])([CH3])[CH3])cc21. The Bertz CT molecular complexity index is 879. The number of nitrogens with zero attached hydrogens (tertiary/aromatic N) is 1. The van der Waals surface area contributed by atoms with E-state index in [9.17, 15) is 0 Å². The van der Waals surface area contributed by atoms with E-state index in [-0.39, 0.29) is 0 Å². The maximum absolute atomic E-state index is 2.72. The van der Waals surface area contributed by atoms with E-state index in [2.05, 4.69) is 77.9 Å². The summed E-state index contributed by atoms with van der Waals surface area (Å²) in [5.41, 5.74) is 3.11. The van der Waals surface area contributed by atoms with Crippen molar-refractivity contribution in [3.8, 4) is 0 Å². The van der Waals surface area contributed by atoms with Crippen LogP contribution in [0.3, 0.4) is 0 Å². The predicted octanol–water partition coefficient (Wildman–Crippen LogP) is 6.64. The van der Waals surface area contributed by atoms with Crippen molar-refractivity contribution in [3.05, 3.63) is 12.1 Å². The molecular formula is C21H34NS2Sn2-. The van der Waals surface area contributed by atoms with Crippen molar-refractivity contribution in [3.63, 3.8) is 0 Å². The van der Waals surface area contributed by atoms with Crippen LogP contribution in [-0.4, -0.2) is 42.7 Å². The van der Waals surface area contributed by atoms with Crippen LogP contribution in [-0.2, 0) is 6.54 Å². The number of fused-ring (bicyclic) bond motifs is 3. The van der Waals surface area contributed by atoms with Gasteiger partial charge >= 0.3 is 180 Å². The molecule has 0 spiro atoms. The summed E-state index contributed by atoms with van der Waals surface area (Å²) in [5.74, 6) is 0.819. The molecule has 26 heavy (non-hydrogen) atoms. The van der Waals surface area contributed by atoms with Gasteiger partial charge in [-0.05, 0) is 0 Å². The molecule has 1 nitrogen and oxygen atoms in total. The van der Waals surface area contributed by atoms with Gasteiger partial charge in [0.25, 0.3) is 0 Å². The zero-order valence-electron chi connectivity index (χ0n) is 17.5. The van der Waals surface area contributed by atoms with Crippen LogP contribution >= 0.6 is 22.7 Å². The van der Waals surface area contributed by atoms with Crippen molar-refractivity contribution < 1.29 is 0 Å². The molecule has 0 bridgehead atoms. The van der Waals surface area contributed by atoms with Crippen LogP contribution in [0.2, 0.25) is 24.7 Å². The van der Waals surface area contributed by atoms with Gasteiger partial charge in [0.2, 0.25) is 0 Å². The van der Waals surface area contributed by atoms with Crippen LogP contribution in [0.1, 0.15) is 39.5 Å². The average molecular weight is 602 g/mol. The minimum absolute atomic E-state index is 0.819. The van der Waals surface area contributed by atoms with Gasteiger partial charge in [0.1, 0.15) is 0 Å². The summed E-state index contributed by atoms with van der Waals surface area (Å²) < 4.78 is 9.41. The van der Waals surface area contributed by atoms with Crippen LogP contribution in [0.25, 0.3) is 20.4 Å². The van der Waals surface area contributed by atoms with Crippen LogP contribution in [0.5, 0.6) is 0 Å². The second-order valence-electron chi connectivity index (χ2n) is 8.93. The number of rotatable bonds is 8. The molecule has 0 aliphatic rings. The number of hydrogen-bond acceptors (Lipinski definition) is 2. The van der Waals surface area contributed by atoms with E-state index in [1.807, 2.05) is 0 Å². The fourth-order valence-corrected chi connectivity index (χ4v) is 15.0. The van der Waals surface area contributed by atoms with E-state index in [0.717, 1.165) is 5.92 Å². The Labute approximate surface area is 178 Å². The third kappa shape index (κ3) is 4.35. The Hall–Kier alpha value is 0.797. The van der Waals surface area contributed by atoms with Crippen molar-refractivity contribution in [2.45, 2.75) is 70.8 Å². The first-order valence-corrected chi connectivity index (χ1v) is 28.9. The van der Waals surface area contributed by atoms with Crippen LogP contribution in [0.15, 0.2) is 12.1 Å². The first-order chi connectivity index (χ1) is 12.3. The van der Waals surface area contributed by atoms with Crippen molar-refractivity contribution in [2.75, 3.05) is 0 Å². The van der Waals surface area contributed by atoms with Gasteiger partial charge in [0.15, 0.2) is 0 Å². The van der Waals surface area contributed by atoms with Crippen molar-refractivity contribution in [2.24, 2.45) is 5.92 Å². The normalized spacial score (nSPS) is 13.8. The first-order valence-electron chi connectivity index (χ1n) is 10.1. The number of aromatic nitrogens is 1. The van der Waals surface area contributed by atoms with Gasteiger partial charge in [-0.3, -0.25) is 0 Å². The standard InChI is InChI=1S/C16H19NS2.5CH3.2Sn/c1-3-5-6-12(4-2)11-17-13-7-9-18-15(13)16-14(17)8-10-19-16;;;;;;;/h7-8,12H,3-6,11H2,1-2H3;5*1H3;;/q;;;;;;;-1. The van der Waals surface area contributed by atoms with E-state index in [4.69, 9.17) is 0 Å². The molecule has 1 unspecified atom stereocenters. The molecule has 3 aromatic rings. The molecule has 0 amide bonds. The molecule has 0 aliphatic carbocycles. The van der Waals surface area contributed by atoms with E-state index >= 15 is 0 Å². The van der Waals surface area contributed by atoms with E-state index in [0.29, 0.717) is 0 Å². The van der Waals surface area contributed by atoms with Gasteiger partial charge in [0, 0.05) is 0 Å². The molecule has 3 aromatic heterocycles. The molecule has 0 N–H and O–H groups in total. The number of unbranched alkanes of at least 4 members (excludes halogenated alkanes) is 1. The summed E-state index contributed by atoms with van der Waals surface area (Å²) >= 11 is 0.951. The molecule has 0 saturated heterocycles. The van der Waals surface area contributed by atoms with Gasteiger partial charge in [0.05, 0.1) is 0 Å². The third-order valence-corrected chi connectivity index (χ3v) is 23.9. The molecule has 0 aromatic carbocycles. The van der Waals surface area contributed by atoms with Crippen molar-refractivity contribution in [1.29, 1.82) is 0 Å². The van der Waals surface area contributed by atoms with Gasteiger partial charge < -0.3 is 0 Å². The molecule has 3 heterocycles. The fourth-order valence-electron chi connectivity index (χ4n) is 3.61. The molecule has 0 radical (unpaired) electrons. The Kier molecular flexibility index (Phi) is 7.16. The van der Waals surface area contributed by atoms with Gasteiger partial charge in [-0.1, -0.05) is 0 Å². The van der Waals surface area contributed by atoms with E-state index in [1.54, 1.807) is 26.2 Å². The molecule has 0 aliphatic heterocycles. The quantitative estimate of drug-likeness (QED) is 0.255. The van der Waals surface area contributed by atoms with Crippen molar-refractivity contribution in [1.82, 2.24) is 4.57 Å². The maximum atomic E-state index is 2.72. The van der Waals surface area contributed by atoms with Gasteiger partial charge in [-0.2, -0.15) is 0 Å². The predicted molar refractivity (Wildman–Crippen MR) is 129 cm³/mol. The summed E-state index contributed by atoms with van der Waals surface area (Å²) in [6.07, 6.45) is 5.37. The monoisotopic (exact) mass is 604 g/mol. The van der Waals surface area contributed by atoms with Crippen molar-refractivity contribution >= 4 is 87.0 Å². The third-order valence-electron chi connectivity index (χ3n) is 5.43. The Balaban J connectivity index is 2.13. The summed E-state index contributed by atoms with van der Waals surface area (Å²) in [6.45, 7) is 5.92. The molecule has 1 atom stereocenters. The topological polar surface area (TPSA) is 4.93 Å². The first kappa shape index (κ1) is 21.5. The zero-order chi connectivity index (χ0) is 19.1. The molecule has 0 saturated carbocycles. The molecular weight excluding hydrogens is 568 g/mol. The summed E-state index contributed by atoms with van der Waals surface area (Å²) in [4.78, 5) is 12.7. The average Bonchev–Trinajstić information content (AvgIpc) is 3.23. The second kappa shape index (κ2) is 8.66. The van der Waals surface area contributed by atoms with E-state index < -0.39 is 38.1 Å². The van der Waals surface area contributed by atoms with Crippen LogP contribution < -0.4 is 5.79 Å². The van der Waals surface area contributed by atoms with Crippen LogP contribution in [0.4, 0.5) is 0 Å². The molecule has 0 fully saturated rings. The number of hydrogen-bond donors (Lipinski definition) is 0. The molecule has 144 valence electrons. The Morgan fingerprint density at radius 1 is 1.04 bits per heavy atom. The summed E-state index contributed by atoms with van der Waals surface area (Å²) in [5, 5.41) is 0. The summed E-state index contributed by atoms with van der Waals surface area (Å²) in [6, 6.07) is 5.17. The van der Waals surface area contributed by atoms with Crippen LogP contribution in [0, 0.1) is 5.92 Å². The number of thiophene rings is 2. The Morgan fingerprint density at radius 3 is 2.27 bits per heavy atom. The Morgan fingerprint density at radius 2 is 1.69 bits per heavy atom. The zero-order valence-corrected chi connectivity index (χ0v) is 24.9.